The molecule has 8 heteroatoms. The minimum Gasteiger partial charge on any atom is -0.489 e. The van der Waals surface area contributed by atoms with Crippen molar-refractivity contribution in [1.29, 1.82) is 0 Å². The molecule has 3 aromatic rings. The number of nitrogens with one attached hydrogen (secondary N) is 1. The van der Waals surface area contributed by atoms with E-state index in [4.69, 9.17) is 9.26 Å². The van der Waals surface area contributed by atoms with Crippen LogP contribution in [0.15, 0.2) is 53.1 Å². The first-order valence-corrected chi connectivity index (χ1v) is 9.28. The first-order chi connectivity index (χ1) is 14.1. The molecule has 0 spiro atoms. The molecule has 1 atom stereocenters. The SMILES string of the molecule is Cc1noc(C)c1COc1cccc(C(=O)NC(C)c2cccc(C(F)(F)F)c2)c1. The summed E-state index contributed by atoms with van der Waals surface area (Å²) in [6.45, 7) is 5.48. The molecule has 1 N–H and O–H groups in total. The smallest absolute Gasteiger partial charge is 0.416 e. The third-order valence-electron chi connectivity index (χ3n) is 4.72. The van der Waals surface area contributed by atoms with Gasteiger partial charge in [-0.25, -0.2) is 0 Å². The fraction of sp³-hybridized carbons (Fsp3) is 0.273. The van der Waals surface area contributed by atoms with Crippen LogP contribution < -0.4 is 10.1 Å². The molecule has 0 radical (unpaired) electrons. The van der Waals surface area contributed by atoms with Crippen molar-refractivity contribution in [3.63, 3.8) is 0 Å². The van der Waals surface area contributed by atoms with Crippen LogP contribution in [0.1, 0.15) is 51.5 Å². The Bertz CT molecular complexity index is 1020. The summed E-state index contributed by atoms with van der Waals surface area (Å²) in [4.78, 5) is 12.6. The fourth-order valence-electron chi connectivity index (χ4n) is 2.94. The highest BCUT2D eigenvalue weighted by atomic mass is 19.4. The molecule has 0 aliphatic rings. The zero-order valence-corrected chi connectivity index (χ0v) is 16.7. The monoisotopic (exact) mass is 418 g/mol. The lowest BCUT2D eigenvalue weighted by Crippen LogP contribution is -2.26. The Balaban J connectivity index is 1.68. The fourth-order valence-corrected chi connectivity index (χ4v) is 2.94. The number of benzene rings is 2. The lowest BCUT2D eigenvalue weighted by Gasteiger charge is -2.16. The number of nitrogens with zero attached hydrogens (tertiary/aromatic N) is 1. The van der Waals surface area contributed by atoms with Gasteiger partial charge in [0.2, 0.25) is 0 Å². The number of halogens is 3. The highest BCUT2D eigenvalue weighted by Crippen LogP contribution is 2.30. The molecule has 1 heterocycles. The van der Waals surface area contributed by atoms with E-state index < -0.39 is 23.7 Å². The number of hydrogen-bond donors (Lipinski definition) is 1. The van der Waals surface area contributed by atoms with Crippen LogP contribution in [0.5, 0.6) is 5.75 Å². The Morgan fingerprint density at radius 2 is 1.90 bits per heavy atom. The number of alkyl halides is 3. The molecule has 0 saturated carbocycles. The number of aromatic nitrogens is 1. The van der Waals surface area contributed by atoms with Gasteiger partial charge in [0.25, 0.3) is 5.91 Å². The van der Waals surface area contributed by atoms with Crippen molar-refractivity contribution in [3.05, 3.63) is 82.2 Å². The van der Waals surface area contributed by atoms with Crippen molar-refractivity contribution in [1.82, 2.24) is 10.5 Å². The Kier molecular flexibility index (Phi) is 6.14. The second kappa shape index (κ2) is 8.61. The van der Waals surface area contributed by atoms with E-state index in [0.29, 0.717) is 22.6 Å². The topological polar surface area (TPSA) is 64.4 Å². The van der Waals surface area contributed by atoms with Crippen molar-refractivity contribution in [2.75, 3.05) is 0 Å². The zero-order valence-electron chi connectivity index (χ0n) is 16.7. The third-order valence-corrected chi connectivity index (χ3v) is 4.72. The zero-order chi connectivity index (χ0) is 21.9. The van der Waals surface area contributed by atoms with Gasteiger partial charge in [-0.05, 0) is 56.7 Å². The van der Waals surface area contributed by atoms with E-state index in [9.17, 15) is 18.0 Å². The predicted octanol–water partition coefficient (Wildman–Crippen LogP) is 5.38. The molecular formula is C22H21F3N2O3. The maximum Gasteiger partial charge on any atom is 0.416 e. The van der Waals surface area contributed by atoms with Crippen molar-refractivity contribution >= 4 is 5.91 Å². The van der Waals surface area contributed by atoms with Gasteiger partial charge in [-0.2, -0.15) is 13.2 Å². The summed E-state index contributed by atoms with van der Waals surface area (Å²) < 4.78 is 49.6. The molecule has 0 aliphatic heterocycles. The van der Waals surface area contributed by atoms with Crippen LogP contribution in [0.25, 0.3) is 0 Å². The van der Waals surface area contributed by atoms with E-state index in [1.165, 1.54) is 6.07 Å². The van der Waals surface area contributed by atoms with Gasteiger partial charge in [0.1, 0.15) is 18.1 Å². The molecule has 5 nitrogen and oxygen atoms in total. The maximum absolute atomic E-state index is 12.9. The Morgan fingerprint density at radius 3 is 2.57 bits per heavy atom. The second-order valence-corrected chi connectivity index (χ2v) is 6.94. The van der Waals surface area contributed by atoms with Crippen molar-refractivity contribution < 1.29 is 27.2 Å². The lowest BCUT2D eigenvalue weighted by molar-refractivity contribution is -0.137. The molecule has 1 aromatic heterocycles. The molecule has 0 bridgehead atoms. The van der Waals surface area contributed by atoms with E-state index in [1.54, 1.807) is 44.2 Å². The maximum atomic E-state index is 12.9. The highest BCUT2D eigenvalue weighted by molar-refractivity contribution is 5.94. The van der Waals surface area contributed by atoms with Crippen molar-refractivity contribution in [2.24, 2.45) is 0 Å². The molecule has 0 fully saturated rings. The minimum atomic E-state index is -4.44. The number of amides is 1. The number of rotatable bonds is 6. The normalized spacial score (nSPS) is 12.5. The molecule has 30 heavy (non-hydrogen) atoms. The summed E-state index contributed by atoms with van der Waals surface area (Å²) in [6, 6.07) is 10.9. The van der Waals surface area contributed by atoms with Crippen LogP contribution in [0.4, 0.5) is 13.2 Å². The van der Waals surface area contributed by atoms with Crippen LogP contribution in [0.3, 0.4) is 0 Å². The quantitative estimate of drug-likeness (QED) is 0.584. The largest absolute Gasteiger partial charge is 0.489 e. The van der Waals surface area contributed by atoms with Gasteiger partial charge in [-0.3, -0.25) is 4.79 Å². The number of carbonyl (C=O) groups is 1. The van der Waals surface area contributed by atoms with Gasteiger partial charge in [0.05, 0.1) is 22.9 Å². The van der Waals surface area contributed by atoms with Crippen molar-refractivity contribution in [3.8, 4) is 5.75 Å². The Hall–Kier alpha value is -3.29. The van der Waals surface area contributed by atoms with Crippen LogP contribution >= 0.6 is 0 Å². The third kappa shape index (κ3) is 5.00. The second-order valence-electron chi connectivity index (χ2n) is 6.94. The number of carbonyl (C=O) groups excluding carboxylic acids is 1. The highest BCUT2D eigenvalue weighted by Gasteiger charge is 2.30. The summed E-state index contributed by atoms with van der Waals surface area (Å²) in [5, 5.41) is 6.59. The lowest BCUT2D eigenvalue weighted by atomic mass is 10.0. The molecule has 1 amide bonds. The molecule has 0 saturated heterocycles. The van der Waals surface area contributed by atoms with Crippen LogP contribution in [-0.2, 0) is 12.8 Å². The number of hydrogen-bond acceptors (Lipinski definition) is 4. The molecule has 158 valence electrons. The van der Waals surface area contributed by atoms with E-state index in [1.807, 2.05) is 6.92 Å². The van der Waals surface area contributed by atoms with Gasteiger partial charge in [0.15, 0.2) is 0 Å². The van der Waals surface area contributed by atoms with Crippen LogP contribution in [0, 0.1) is 13.8 Å². The van der Waals surface area contributed by atoms with E-state index >= 15 is 0 Å². The summed E-state index contributed by atoms with van der Waals surface area (Å²) in [6.07, 6.45) is -4.44. The van der Waals surface area contributed by atoms with E-state index in [-0.39, 0.29) is 6.61 Å². The Labute approximate surface area is 171 Å². The van der Waals surface area contributed by atoms with Crippen LogP contribution in [-0.4, -0.2) is 11.1 Å². The summed E-state index contributed by atoms with van der Waals surface area (Å²) in [7, 11) is 0. The first kappa shape index (κ1) is 21.4. The molecule has 0 aliphatic carbocycles. The summed E-state index contributed by atoms with van der Waals surface area (Å²) in [5.41, 5.74) is 1.52. The van der Waals surface area contributed by atoms with Crippen LogP contribution in [0.2, 0.25) is 0 Å². The van der Waals surface area contributed by atoms with E-state index in [0.717, 1.165) is 23.4 Å². The first-order valence-electron chi connectivity index (χ1n) is 9.28. The summed E-state index contributed by atoms with van der Waals surface area (Å²) >= 11 is 0. The summed E-state index contributed by atoms with van der Waals surface area (Å²) in [5.74, 6) is 0.730. The number of aryl methyl sites for hydroxylation is 2. The van der Waals surface area contributed by atoms with Gasteiger partial charge >= 0.3 is 6.18 Å². The van der Waals surface area contributed by atoms with Gasteiger partial charge in [-0.1, -0.05) is 23.4 Å². The van der Waals surface area contributed by atoms with Gasteiger partial charge in [0, 0.05) is 5.56 Å². The molecular weight excluding hydrogens is 397 g/mol. The Morgan fingerprint density at radius 1 is 1.17 bits per heavy atom. The van der Waals surface area contributed by atoms with Gasteiger partial charge in [-0.15, -0.1) is 0 Å². The average Bonchev–Trinajstić information content (AvgIpc) is 3.03. The molecule has 3 rings (SSSR count). The molecule has 1 unspecified atom stereocenters. The van der Waals surface area contributed by atoms with Gasteiger partial charge < -0.3 is 14.6 Å². The predicted molar refractivity (Wildman–Crippen MR) is 104 cm³/mol. The average molecular weight is 418 g/mol. The molecule has 2 aromatic carbocycles. The standard InChI is InChI=1S/C22H21F3N2O3/c1-13(16-6-4-8-18(10-16)22(23,24)25)26-21(28)17-7-5-9-19(11-17)29-12-20-14(2)27-30-15(20)3/h4-11,13H,12H2,1-3H3,(H,26,28). The number of ether oxygens (including phenoxy) is 1. The van der Waals surface area contributed by atoms with Crippen molar-refractivity contribution in [2.45, 2.75) is 39.6 Å². The van der Waals surface area contributed by atoms with E-state index in [2.05, 4.69) is 10.5 Å². The minimum absolute atomic E-state index is 0.243.